The Morgan fingerprint density at radius 2 is 1.58 bits per heavy atom. The van der Waals surface area contributed by atoms with Crippen molar-refractivity contribution in [2.45, 2.75) is 78.5 Å². The summed E-state index contributed by atoms with van der Waals surface area (Å²) in [7, 11) is -0.582. The molecule has 0 amide bonds. The van der Waals surface area contributed by atoms with Crippen LogP contribution in [0.4, 0.5) is 0 Å². The highest BCUT2D eigenvalue weighted by molar-refractivity contribution is 6.74. The minimum Gasteiger partial charge on any atom is -0.497 e. The fraction of sp³-hybridized carbons (Fsp3) is 0.484. The second kappa shape index (κ2) is 13.9. The number of Topliss-reactive ketones (excluding diaryl/α,β-unsaturated/α-hetero) is 1. The Morgan fingerprint density at radius 3 is 2.13 bits per heavy atom. The van der Waals surface area contributed by atoms with E-state index in [1.54, 1.807) is 38.3 Å². The van der Waals surface area contributed by atoms with Gasteiger partial charge in [-0.2, -0.15) is 0 Å². The second-order valence-corrected chi connectivity index (χ2v) is 16.0. The van der Waals surface area contributed by atoms with Crippen molar-refractivity contribution in [2.24, 2.45) is 5.92 Å². The van der Waals surface area contributed by atoms with Gasteiger partial charge in [-0.15, -0.1) is 0 Å². The van der Waals surface area contributed by atoms with Crippen LogP contribution in [0.3, 0.4) is 0 Å². The third kappa shape index (κ3) is 8.93. The molecule has 0 aliphatic rings. The average molecular weight is 541 g/mol. The van der Waals surface area contributed by atoms with E-state index >= 15 is 0 Å². The first-order valence-corrected chi connectivity index (χ1v) is 16.0. The van der Waals surface area contributed by atoms with Crippen molar-refractivity contribution < 1.29 is 28.2 Å². The molecule has 0 spiro atoms. The van der Waals surface area contributed by atoms with E-state index < -0.39 is 32.4 Å². The number of methoxy groups -OCH3 is 1. The number of carbonyl (C=O) groups is 2. The highest BCUT2D eigenvalue weighted by Gasteiger charge is 2.42. The molecule has 0 saturated heterocycles. The summed E-state index contributed by atoms with van der Waals surface area (Å²) in [6, 6.07) is 16.4. The molecule has 0 aliphatic heterocycles. The number of hydrogen-bond donors (Lipinski definition) is 0. The Bertz CT molecular complexity index is 1070. The highest BCUT2D eigenvalue weighted by Crippen LogP contribution is 2.39. The van der Waals surface area contributed by atoms with Gasteiger partial charge in [-0.3, -0.25) is 4.79 Å². The lowest BCUT2D eigenvalue weighted by Gasteiger charge is -2.41. The minimum atomic E-state index is -2.22. The molecule has 0 saturated carbocycles. The first-order chi connectivity index (χ1) is 17.8. The van der Waals surface area contributed by atoms with Gasteiger partial charge in [-0.25, -0.2) is 4.79 Å². The largest absolute Gasteiger partial charge is 0.497 e. The minimum absolute atomic E-state index is 0.0371. The van der Waals surface area contributed by atoms with E-state index in [4.69, 9.17) is 18.6 Å². The fourth-order valence-corrected chi connectivity index (χ4v) is 5.05. The quantitative estimate of drug-likeness (QED) is 0.118. The van der Waals surface area contributed by atoms with Crippen LogP contribution in [0.1, 0.15) is 57.5 Å². The van der Waals surface area contributed by atoms with Gasteiger partial charge in [-0.1, -0.05) is 64.1 Å². The monoisotopic (exact) mass is 540 g/mol. The summed E-state index contributed by atoms with van der Waals surface area (Å²) in [4.78, 5) is 26.0. The molecule has 0 unspecified atom stereocenters. The van der Waals surface area contributed by atoms with Gasteiger partial charge in [-0.05, 0) is 67.4 Å². The first-order valence-electron chi connectivity index (χ1n) is 13.1. The number of hydrogen-bond acceptors (Lipinski definition) is 6. The summed E-state index contributed by atoms with van der Waals surface area (Å²) in [5.74, 6) is -0.400. The molecule has 0 radical (unpaired) electrons. The first kappa shape index (κ1) is 31.5. The van der Waals surface area contributed by atoms with Crippen LogP contribution in [0.15, 0.2) is 66.2 Å². The molecule has 7 heteroatoms. The highest BCUT2D eigenvalue weighted by atomic mass is 28.4. The van der Waals surface area contributed by atoms with Crippen LogP contribution in [0.2, 0.25) is 18.1 Å². The number of esters is 1. The van der Waals surface area contributed by atoms with Gasteiger partial charge < -0.3 is 18.6 Å². The molecule has 2 aromatic carbocycles. The molecule has 2 aromatic rings. The van der Waals surface area contributed by atoms with Crippen molar-refractivity contribution in [3.05, 3.63) is 77.4 Å². The summed E-state index contributed by atoms with van der Waals surface area (Å²) in [6.07, 6.45) is 0.624. The Morgan fingerprint density at radius 1 is 0.974 bits per heavy atom. The summed E-state index contributed by atoms with van der Waals surface area (Å²) in [5, 5.41) is -0.0371. The Kier molecular flexibility index (Phi) is 11.5. The van der Waals surface area contributed by atoms with Crippen molar-refractivity contribution in [3.8, 4) is 5.75 Å². The van der Waals surface area contributed by atoms with Crippen molar-refractivity contribution in [1.82, 2.24) is 0 Å². The summed E-state index contributed by atoms with van der Waals surface area (Å²) < 4.78 is 23.4. The predicted octanol–water partition coefficient (Wildman–Crippen LogP) is 7.00. The number of rotatable bonds is 13. The summed E-state index contributed by atoms with van der Waals surface area (Å²) >= 11 is 0. The molecule has 208 valence electrons. The number of benzene rings is 2. The fourth-order valence-electron chi connectivity index (χ4n) is 3.67. The van der Waals surface area contributed by atoms with Gasteiger partial charge in [0.25, 0.3) is 0 Å². The van der Waals surface area contributed by atoms with Crippen LogP contribution in [0.5, 0.6) is 5.75 Å². The molecule has 38 heavy (non-hydrogen) atoms. The third-order valence-corrected chi connectivity index (χ3v) is 11.7. The van der Waals surface area contributed by atoms with E-state index in [0.717, 1.165) is 16.9 Å². The van der Waals surface area contributed by atoms with Crippen LogP contribution in [0.25, 0.3) is 0 Å². The molecule has 0 heterocycles. The van der Waals surface area contributed by atoms with Gasteiger partial charge >= 0.3 is 5.97 Å². The molecule has 2 rings (SSSR count). The van der Waals surface area contributed by atoms with E-state index in [9.17, 15) is 9.59 Å². The summed E-state index contributed by atoms with van der Waals surface area (Å²) in [5.41, 5.74) is 2.38. The zero-order valence-electron chi connectivity index (χ0n) is 24.4. The van der Waals surface area contributed by atoms with Crippen LogP contribution >= 0.6 is 0 Å². The number of ether oxygens (including phenoxy) is 3. The molecule has 0 N–H and O–H groups in total. The van der Waals surface area contributed by atoms with Gasteiger partial charge in [0, 0.05) is 5.92 Å². The van der Waals surface area contributed by atoms with Crippen molar-refractivity contribution in [2.75, 3.05) is 13.7 Å². The Hall–Kier alpha value is -2.74. The maximum absolute atomic E-state index is 13.4. The molecule has 0 bridgehead atoms. The topological polar surface area (TPSA) is 71.1 Å². The summed E-state index contributed by atoms with van der Waals surface area (Å²) in [6.45, 7) is 17.1. The molecular formula is C31H44O6Si. The molecular weight excluding hydrogens is 496 g/mol. The lowest BCUT2D eigenvalue weighted by molar-refractivity contribution is -0.132. The maximum Gasteiger partial charge on any atom is 0.338 e. The lowest BCUT2D eigenvalue weighted by Crippen LogP contribution is -2.48. The Balaban J connectivity index is 2.14. The van der Waals surface area contributed by atoms with E-state index in [0.29, 0.717) is 18.8 Å². The van der Waals surface area contributed by atoms with Crippen molar-refractivity contribution >= 4 is 20.1 Å². The van der Waals surface area contributed by atoms with Gasteiger partial charge in [0.15, 0.2) is 20.2 Å². The molecule has 0 aromatic heterocycles. The molecule has 3 atom stereocenters. The van der Waals surface area contributed by atoms with Crippen LogP contribution in [0, 0.1) is 5.92 Å². The Labute approximate surface area is 229 Å². The number of ketones is 1. The van der Waals surface area contributed by atoms with E-state index in [-0.39, 0.29) is 10.8 Å². The van der Waals surface area contributed by atoms with E-state index in [1.807, 2.05) is 50.3 Å². The van der Waals surface area contributed by atoms with Gasteiger partial charge in [0.05, 0.1) is 32.0 Å². The normalized spacial score (nSPS) is 14.9. The van der Waals surface area contributed by atoms with E-state index in [2.05, 4.69) is 33.9 Å². The molecule has 6 nitrogen and oxygen atoms in total. The third-order valence-electron chi connectivity index (χ3n) is 7.22. The molecule has 0 fully saturated rings. The standard InChI is InChI=1S/C31H44O6Si/c1-22(19-20-35-21-25-15-17-27(34-7)18-16-25)29(37-38(8,9)31(4,5)6)23(2)28(32)24(3)36-30(33)26-13-11-10-12-14-26/h10-19,23-24,29H,20-21H2,1-9H3/b22-19+/t23-,24-,29+/m0/s1. The van der Waals surface area contributed by atoms with Crippen LogP contribution in [-0.4, -0.2) is 46.0 Å². The average Bonchev–Trinajstić information content (AvgIpc) is 2.88. The second-order valence-electron chi connectivity index (χ2n) is 11.2. The zero-order chi connectivity index (χ0) is 28.5. The SMILES string of the molecule is COc1ccc(COC/C=C(\C)[C@@H](O[Si](C)(C)C(C)(C)C)[C@@H](C)C(=O)[C@H](C)OC(=O)c2ccccc2)cc1. The molecule has 0 aliphatic carbocycles. The predicted molar refractivity (Wildman–Crippen MR) is 154 cm³/mol. The van der Waals surface area contributed by atoms with Crippen molar-refractivity contribution in [1.29, 1.82) is 0 Å². The van der Waals surface area contributed by atoms with Gasteiger partial charge in [0.1, 0.15) is 5.75 Å². The van der Waals surface area contributed by atoms with Crippen LogP contribution < -0.4 is 4.74 Å². The van der Waals surface area contributed by atoms with Gasteiger partial charge in [0.2, 0.25) is 0 Å². The maximum atomic E-state index is 13.4. The van der Waals surface area contributed by atoms with Crippen LogP contribution in [-0.2, 0) is 25.3 Å². The van der Waals surface area contributed by atoms with Crippen molar-refractivity contribution in [3.63, 3.8) is 0 Å². The number of carbonyl (C=O) groups excluding carboxylic acids is 2. The van der Waals surface area contributed by atoms with E-state index in [1.165, 1.54) is 0 Å². The zero-order valence-corrected chi connectivity index (χ0v) is 25.4. The lowest BCUT2D eigenvalue weighted by atomic mass is 9.92. The smallest absolute Gasteiger partial charge is 0.338 e.